The topological polar surface area (TPSA) is 100.0 Å². The number of ether oxygens (including phenoxy) is 1. The molecule has 150 valence electrons. The number of aliphatic hydroxyl groups is 1. The smallest absolute Gasteiger partial charge is 0.301 e. The van der Waals surface area contributed by atoms with Gasteiger partial charge in [0.05, 0.1) is 18.7 Å². The Morgan fingerprint density at radius 2 is 1.77 bits per heavy atom. The van der Waals surface area contributed by atoms with Crippen molar-refractivity contribution in [3.8, 4) is 11.5 Å². The summed E-state index contributed by atoms with van der Waals surface area (Å²) in [7, 11) is 1.40. The number of nitrogens with zero attached hydrogens (tertiary/aromatic N) is 2. The minimum atomic E-state index is -0.949. The summed E-state index contributed by atoms with van der Waals surface area (Å²) in [5, 5.41) is 20.9. The van der Waals surface area contributed by atoms with Gasteiger partial charge in [0.25, 0.3) is 5.78 Å². The number of aliphatic hydroxyl groups excluding tert-OH is 1. The largest absolute Gasteiger partial charge is 0.507 e. The Morgan fingerprint density at radius 1 is 1.03 bits per heavy atom. The molecule has 1 aromatic heterocycles. The summed E-state index contributed by atoms with van der Waals surface area (Å²) < 4.78 is 5.19. The number of Topliss-reactive ketones (excluding diaryl/α,β-unsaturated/α-hetero) is 1. The number of ketones is 1. The average Bonchev–Trinajstić information content (AvgIpc) is 3.05. The number of aromatic hydroxyl groups is 1. The predicted octanol–water partition coefficient (Wildman–Crippen LogP) is 3.42. The van der Waals surface area contributed by atoms with Crippen molar-refractivity contribution in [3.05, 3.63) is 89.6 Å². The molecular formula is C23H18N2O5. The molecule has 2 heterocycles. The third-order valence-corrected chi connectivity index (χ3v) is 4.91. The van der Waals surface area contributed by atoms with Crippen LogP contribution in [-0.4, -0.2) is 34.0 Å². The standard InChI is InChI=1S/C23H18N2O5/c1-30-17-13-15(10-11-16(17)26)20-19(21(27)14-7-3-2-4-8-14)22(28)23(29)25(20)18-9-5-6-12-24-18/h2-13,20,26-27H,1H3. The summed E-state index contributed by atoms with van der Waals surface area (Å²) >= 11 is 0. The number of benzene rings is 2. The van der Waals surface area contributed by atoms with Crippen LogP contribution in [0.25, 0.3) is 5.76 Å². The summed E-state index contributed by atoms with van der Waals surface area (Å²) in [6, 6.07) is 17.1. The van der Waals surface area contributed by atoms with Gasteiger partial charge < -0.3 is 14.9 Å². The summed E-state index contributed by atoms with van der Waals surface area (Å²) in [6.07, 6.45) is 1.51. The molecule has 0 aliphatic carbocycles. The molecule has 0 saturated carbocycles. The number of anilines is 1. The van der Waals surface area contributed by atoms with Gasteiger partial charge in [-0.25, -0.2) is 4.98 Å². The zero-order valence-corrected chi connectivity index (χ0v) is 16.0. The van der Waals surface area contributed by atoms with E-state index in [4.69, 9.17) is 4.74 Å². The van der Waals surface area contributed by atoms with Crippen molar-refractivity contribution in [2.45, 2.75) is 6.04 Å². The van der Waals surface area contributed by atoms with Gasteiger partial charge >= 0.3 is 5.91 Å². The Kier molecular flexibility index (Phi) is 4.93. The Labute approximate surface area is 172 Å². The number of carbonyl (C=O) groups is 2. The lowest BCUT2D eigenvalue weighted by atomic mass is 9.95. The molecule has 1 fully saturated rings. The summed E-state index contributed by atoms with van der Waals surface area (Å²) in [5.41, 5.74) is 0.823. The minimum Gasteiger partial charge on any atom is -0.507 e. The maximum Gasteiger partial charge on any atom is 0.301 e. The van der Waals surface area contributed by atoms with E-state index in [0.717, 1.165) is 0 Å². The summed E-state index contributed by atoms with van der Waals surface area (Å²) in [5.74, 6) is -1.55. The fraction of sp³-hybridized carbons (Fsp3) is 0.0870. The first-order valence-corrected chi connectivity index (χ1v) is 9.17. The Morgan fingerprint density at radius 3 is 2.43 bits per heavy atom. The maximum atomic E-state index is 13.0. The van der Waals surface area contributed by atoms with Gasteiger partial charge in [-0.1, -0.05) is 42.5 Å². The van der Waals surface area contributed by atoms with Crippen LogP contribution in [0, 0.1) is 0 Å². The molecule has 7 heteroatoms. The van der Waals surface area contributed by atoms with Gasteiger partial charge in [-0.05, 0) is 29.8 Å². The molecule has 1 unspecified atom stereocenters. The van der Waals surface area contributed by atoms with Gasteiger partial charge in [-0.2, -0.15) is 0 Å². The maximum absolute atomic E-state index is 13.0. The number of pyridine rings is 1. The van der Waals surface area contributed by atoms with Crippen LogP contribution in [0.15, 0.2) is 78.5 Å². The number of phenolic OH excluding ortho intramolecular Hbond substituents is 1. The fourth-order valence-electron chi connectivity index (χ4n) is 3.50. The molecule has 0 radical (unpaired) electrons. The van der Waals surface area contributed by atoms with E-state index < -0.39 is 17.7 Å². The van der Waals surface area contributed by atoms with Gasteiger partial charge in [0.2, 0.25) is 0 Å². The molecule has 4 rings (SSSR count). The van der Waals surface area contributed by atoms with Crippen LogP contribution in [0.3, 0.4) is 0 Å². The SMILES string of the molecule is COc1cc(C2C(=C(O)c3ccccc3)C(=O)C(=O)N2c2ccccn2)ccc1O. The number of amides is 1. The second-order valence-corrected chi connectivity index (χ2v) is 6.65. The van der Waals surface area contributed by atoms with Crippen LogP contribution in [0.4, 0.5) is 5.82 Å². The zero-order chi connectivity index (χ0) is 21.3. The van der Waals surface area contributed by atoms with Gasteiger partial charge in [-0.15, -0.1) is 0 Å². The molecule has 2 aromatic carbocycles. The van der Waals surface area contributed by atoms with Crippen molar-refractivity contribution in [2.24, 2.45) is 0 Å². The molecule has 1 saturated heterocycles. The molecule has 7 nitrogen and oxygen atoms in total. The normalized spacial score (nSPS) is 17.9. The average molecular weight is 402 g/mol. The number of rotatable bonds is 4. The Bertz CT molecular complexity index is 1140. The second-order valence-electron chi connectivity index (χ2n) is 6.65. The highest BCUT2D eigenvalue weighted by molar-refractivity contribution is 6.51. The Hall–Kier alpha value is -4.13. The van der Waals surface area contributed by atoms with Gasteiger partial charge in [-0.3, -0.25) is 14.5 Å². The van der Waals surface area contributed by atoms with Crippen LogP contribution in [-0.2, 0) is 9.59 Å². The van der Waals surface area contributed by atoms with Crippen molar-refractivity contribution in [1.82, 2.24) is 4.98 Å². The van der Waals surface area contributed by atoms with Crippen molar-refractivity contribution >= 4 is 23.3 Å². The van der Waals surface area contributed by atoms with E-state index >= 15 is 0 Å². The highest BCUT2D eigenvalue weighted by Gasteiger charge is 2.47. The quantitative estimate of drug-likeness (QED) is 0.394. The van der Waals surface area contributed by atoms with E-state index in [-0.39, 0.29) is 28.6 Å². The van der Waals surface area contributed by atoms with Crippen molar-refractivity contribution < 1.29 is 24.5 Å². The van der Waals surface area contributed by atoms with E-state index in [1.54, 1.807) is 54.6 Å². The molecule has 1 amide bonds. The lowest BCUT2D eigenvalue weighted by Gasteiger charge is -2.24. The van der Waals surface area contributed by atoms with Gasteiger partial charge in [0, 0.05) is 11.8 Å². The highest BCUT2D eigenvalue weighted by atomic mass is 16.5. The van der Waals surface area contributed by atoms with E-state index in [2.05, 4.69) is 4.98 Å². The van der Waals surface area contributed by atoms with Crippen LogP contribution in [0.5, 0.6) is 11.5 Å². The molecule has 30 heavy (non-hydrogen) atoms. The van der Waals surface area contributed by atoms with Crippen LogP contribution in [0.2, 0.25) is 0 Å². The van der Waals surface area contributed by atoms with Crippen LogP contribution >= 0.6 is 0 Å². The number of phenols is 1. The monoisotopic (exact) mass is 402 g/mol. The first-order valence-electron chi connectivity index (χ1n) is 9.17. The molecule has 0 bridgehead atoms. The third kappa shape index (κ3) is 3.16. The molecule has 0 spiro atoms. The van der Waals surface area contributed by atoms with Crippen molar-refractivity contribution in [1.29, 1.82) is 0 Å². The first kappa shape index (κ1) is 19.2. The first-order chi connectivity index (χ1) is 14.5. The summed E-state index contributed by atoms with van der Waals surface area (Å²) in [6.45, 7) is 0. The third-order valence-electron chi connectivity index (χ3n) is 4.91. The molecule has 1 atom stereocenters. The molecule has 1 aliphatic heterocycles. The molecule has 1 aliphatic rings. The number of methoxy groups -OCH3 is 1. The number of aromatic nitrogens is 1. The predicted molar refractivity (Wildman–Crippen MR) is 110 cm³/mol. The van der Waals surface area contributed by atoms with Gasteiger partial charge in [0.15, 0.2) is 11.5 Å². The van der Waals surface area contributed by atoms with E-state index in [0.29, 0.717) is 11.1 Å². The van der Waals surface area contributed by atoms with Gasteiger partial charge in [0.1, 0.15) is 11.6 Å². The fourth-order valence-corrected chi connectivity index (χ4v) is 3.50. The van der Waals surface area contributed by atoms with Crippen molar-refractivity contribution in [3.63, 3.8) is 0 Å². The van der Waals surface area contributed by atoms with Crippen molar-refractivity contribution in [2.75, 3.05) is 12.0 Å². The summed E-state index contributed by atoms with van der Waals surface area (Å²) in [4.78, 5) is 31.4. The highest BCUT2D eigenvalue weighted by Crippen LogP contribution is 2.43. The minimum absolute atomic E-state index is 0.0652. The number of carbonyl (C=O) groups excluding carboxylic acids is 2. The molecule has 2 N–H and O–H groups in total. The van der Waals surface area contributed by atoms with E-state index in [9.17, 15) is 19.8 Å². The Balaban J connectivity index is 1.97. The second kappa shape index (κ2) is 7.71. The number of hydrogen-bond acceptors (Lipinski definition) is 6. The van der Waals surface area contributed by atoms with E-state index in [1.807, 2.05) is 0 Å². The molecule has 3 aromatic rings. The van der Waals surface area contributed by atoms with Crippen LogP contribution in [0.1, 0.15) is 17.2 Å². The number of hydrogen-bond donors (Lipinski definition) is 2. The van der Waals surface area contributed by atoms with E-state index in [1.165, 1.54) is 30.3 Å². The lowest BCUT2D eigenvalue weighted by Crippen LogP contribution is -2.30. The zero-order valence-electron chi connectivity index (χ0n) is 16.0. The van der Waals surface area contributed by atoms with Crippen LogP contribution < -0.4 is 9.64 Å². The lowest BCUT2D eigenvalue weighted by molar-refractivity contribution is -0.132. The molecular weight excluding hydrogens is 384 g/mol.